The quantitative estimate of drug-likeness (QED) is 0.848. The van der Waals surface area contributed by atoms with E-state index in [-0.39, 0.29) is 11.9 Å². The summed E-state index contributed by atoms with van der Waals surface area (Å²) in [6, 6.07) is 10.3. The summed E-state index contributed by atoms with van der Waals surface area (Å²) in [5.41, 5.74) is 2.28. The van der Waals surface area contributed by atoms with E-state index in [2.05, 4.69) is 6.07 Å². The predicted octanol–water partition coefficient (Wildman–Crippen LogP) is 3.51. The first-order chi connectivity index (χ1) is 11.2. The van der Waals surface area contributed by atoms with Crippen molar-refractivity contribution < 1.29 is 13.9 Å². The van der Waals surface area contributed by atoms with Gasteiger partial charge in [0.05, 0.1) is 25.3 Å². The fourth-order valence-electron chi connectivity index (χ4n) is 3.37. The molecule has 4 nitrogen and oxygen atoms in total. The van der Waals surface area contributed by atoms with Crippen LogP contribution >= 0.6 is 0 Å². The number of carbonyl (C=O) groups is 1. The van der Waals surface area contributed by atoms with Gasteiger partial charge in [0.1, 0.15) is 11.5 Å². The third-order valence-corrected chi connectivity index (χ3v) is 4.71. The molecule has 0 saturated heterocycles. The molecule has 1 aromatic carbocycles. The zero-order valence-corrected chi connectivity index (χ0v) is 13.3. The second-order valence-corrected chi connectivity index (χ2v) is 6.44. The van der Waals surface area contributed by atoms with E-state index in [1.807, 2.05) is 36.1 Å². The van der Waals surface area contributed by atoms with Crippen LogP contribution in [0.2, 0.25) is 0 Å². The third kappa shape index (κ3) is 2.85. The van der Waals surface area contributed by atoms with Gasteiger partial charge in [-0.3, -0.25) is 4.79 Å². The Labute approximate surface area is 136 Å². The highest BCUT2D eigenvalue weighted by Gasteiger charge is 2.37. The van der Waals surface area contributed by atoms with Gasteiger partial charge < -0.3 is 14.1 Å². The van der Waals surface area contributed by atoms with Gasteiger partial charge in [0, 0.05) is 12.5 Å². The summed E-state index contributed by atoms with van der Waals surface area (Å²) in [6.07, 6.45) is 5.23. The van der Waals surface area contributed by atoms with E-state index in [1.54, 1.807) is 6.26 Å². The molecule has 0 unspecified atom stereocenters. The minimum absolute atomic E-state index is 0.0113. The third-order valence-electron chi connectivity index (χ3n) is 4.71. The zero-order chi connectivity index (χ0) is 15.8. The van der Waals surface area contributed by atoms with Crippen LogP contribution in [-0.2, 0) is 17.6 Å². The highest BCUT2D eigenvalue weighted by molar-refractivity contribution is 5.80. The van der Waals surface area contributed by atoms with Crippen LogP contribution < -0.4 is 4.74 Å². The number of fused-ring (bicyclic) bond motifs is 1. The molecule has 1 saturated carbocycles. The number of rotatable bonds is 5. The Balaban J connectivity index is 1.52. The highest BCUT2D eigenvalue weighted by atomic mass is 16.5. The summed E-state index contributed by atoms with van der Waals surface area (Å²) in [7, 11) is 0. The zero-order valence-electron chi connectivity index (χ0n) is 13.3. The lowest BCUT2D eigenvalue weighted by Gasteiger charge is -2.28. The number of ether oxygens (including phenoxy) is 1. The smallest absolute Gasteiger partial charge is 0.227 e. The summed E-state index contributed by atoms with van der Waals surface area (Å²) in [4.78, 5) is 14.9. The molecule has 120 valence electrons. The van der Waals surface area contributed by atoms with Gasteiger partial charge in [0.25, 0.3) is 0 Å². The van der Waals surface area contributed by atoms with Crippen molar-refractivity contribution in [1.29, 1.82) is 0 Å². The van der Waals surface area contributed by atoms with Crippen molar-refractivity contribution in [2.24, 2.45) is 0 Å². The van der Waals surface area contributed by atoms with Gasteiger partial charge >= 0.3 is 0 Å². The number of hydrogen-bond acceptors (Lipinski definition) is 3. The lowest BCUT2D eigenvalue weighted by Crippen LogP contribution is -2.36. The highest BCUT2D eigenvalue weighted by Crippen LogP contribution is 2.35. The molecule has 0 spiro atoms. The van der Waals surface area contributed by atoms with Crippen molar-refractivity contribution in [3.8, 4) is 5.75 Å². The second-order valence-electron chi connectivity index (χ2n) is 6.44. The number of benzene rings is 1. The standard InChI is InChI=1S/C19H21NO3/c1-13(17-3-2-9-22-17)20(16-5-6-16)19(21)12-14-4-7-18-15(11-14)8-10-23-18/h2-4,7,9,11,13,16H,5-6,8,10,12H2,1H3/t13-/m0/s1. The first-order valence-corrected chi connectivity index (χ1v) is 8.31. The maximum Gasteiger partial charge on any atom is 0.227 e. The van der Waals surface area contributed by atoms with Crippen molar-refractivity contribution in [2.45, 2.75) is 44.7 Å². The Bertz CT molecular complexity index is 703. The van der Waals surface area contributed by atoms with Gasteiger partial charge in [-0.15, -0.1) is 0 Å². The Morgan fingerprint density at radius 2 is 2.22 bits per heavy atom. The Kier molecular flexibility index (Phi) is 3.60. The molecule has 1 aliphatic heterocycles. The fourth-order valence-corrected chi connectivity index (χ4v) is 3.37. The van der Waals surface area contributed by atoms with Crippen LogP contribution in [0.1, 0.15) is 42.7 Å². The van der Waals surface area contributed by atoms with E-state index in [0.29, 0.717) is 12.5 Å². The molecular formula is C19H21NO3. The Morgan fingerprint density at radius 1 is 1.35 bits per heavy atom. The van der Waals surface area contributed by atoms with Crippen LogP contribution in [0, 0.1) is 0 Å². The monoisotopic (exact) mass is 311 g/mol. The van der Waals surface area contributed by atoms with Crippen molar-refractivity contribution in [1.82, 2.24) is 4.90 Å². The molecular weight excluding hydrogens is 290 g/mol. The molecule has 1 aliphatic carbocycles. The van der Waals surface area contributed by atoms with Crippen LogP contribution in [-0.4, -0.2) is 23.5 Å². The van der Waals surface area contributed by atoms with E-state index in [0.717, 1.165) is 42.9 Å². The summed E-state index contributed by atoms with van der Waals surface area (Å²) < 4.78 is 11.0. The average molecular weight is 311 g/mol. The molecule has 1 fully saturated rings. The van der Waals surface area contributed by atoms with Crippen LogP contribution in [0.25, 0.3) is 0 Å². The Morgan fingerprint density at radius 3 is 2.96 bits per heavy atom. The first-order valence-electron chi connectivity index (χ1n) is 8.31. The molecule has 0 bridgehead atoms. The van der Waals surface area contributed by atoms with Gasteiger partial charge in [-0.05, 0) is 49.1 Å². The fraction of sp³-hybridized carbons (Fsp3) is 0.421. The molecule has 1 aromatic heterocycles. The lowest BCUT2D eigenvalue weighted by molar-refractivity contribution is -0.133. The van der Waals surface area contributed by atoms with E-state index < -0.39 is 0 Å². The van der Waals surface area contributed by atoms with E-state index in [9.17, 15) is 4.79 Å². The largest absolute Gasteiger partial charge is 0.493 e. The summed E-state index contributed by atoms with van der Waals surface area (Å²) in [5.74, 6) is 1.99. The van der Waals surface area contributed by atoms with E-state index in [4.69, 9.17) is 9.15 Å². The molecule has 2 heterocycles. The second kappa shape index (κ2) is 5.76. The first kappa shape index (κ1) is 14.4. The van der Waals surface area contributed by atoms with Crippen LogP contribution in [0.5, 0.6) is 5.75 Å². The van der Waals surface area contributed by atoms with Gasteiger partial charge in [0.2, 0.25) is 5.91 Å². The molecule has 1 atom stereocenters. The molecule has 1 amide bonds. The van der Waals surface area contributed by atoms with Gasteiger partial charge in [-0.1, -0.05) is 12.1 Å². The van der Waals surface area contributed by atoms with Crippen molar-refractivity contribution in [2.75, 3.05) is 6.61 Å². The maximum absolute atomic E-state index is 12.9. The molecule has 2 aromatic rings. The lowest BCUT2D eigenvalue weighted by atomic mass is 10.0. The molecule has 4 heteroatoms. The summed E-state index contributed by atoms with van der Waals surface area (Å²) in [6.45, 7) is 2.79. The average Bonchev–Trinajstić information content (AvgIpc) is 3.05. The number of amides is 1. The van der Waals surface area contributed by atoms with E-state index in [1.165, 1.54) is 5.56 Å². The topological polar surface area (TPSA) is 42.7 Å². The van der Waals surface area contributed by atoms with Crippen molar-refractivity contribution in [3.05, 3.63) is 53.5 Å². The van der Waals surface area contributed by atoms with Crippen molar-refractivity contribution >= 4 is 5.91 Å². The number of hydrogen-bond donors (Lipinski definition) is 0. The Hall–Kier alpha value is -2.23. The summed E-state index contributed by atoms with van der Waals surface area (Å²) in [5, 5.41) is 0. The number of furan rings is 1. The molecule has 0 radical (unpaired) electrons. The molecule has 4 rings (SSSR count). The molecule has 0 N–H and O–H groups in total. The van der Waals surface area contributed by atoms with Gasteiger partial charge in [0.15, 0.2) is 0 Å². The normalized spacial score (nSPS) is 17.4. The minimum atomic E-state index is -0.0113. The van der Waals surface area contributed by atoms with Crippen LogP contribution in [0.4, 0.5) is 0 Å². The van der Waals surface area contributed by atoms with Gasteiger partial charge in [-0.25, -0.2) is 0 Å². The predicted molar refractivity (Wildman–Crippen MR) is 86.3 cm³/mol. The number of nitrogens with zero attached hydrogens (tertiary/aromatic N) is 1. The molecule has 2 aliphatic rings. The van der Waals surface area contributed by atoms with Crippen molar-refractivity contribution in [3.63, 3.8) is 0 Å². The SMILES string of the molecule is C[C@@H](c1ccco1)N(C(=O)Cc1ccc2c(c1)CCO2)C1CC1. The molecule has 23 heavy (non-hydrogen) atoms. The van der Waals surface area contributed by atoms with Crippen LogP contribution in [0.15, 0.2) is 41.0 Å². The van der Waals surface area contributed by atoms with Gasteiger partial charge in [-0.2, -0.15) is 0 Å². The number of carbonyl (C=O) groups excluding carboxylic acids is 1. The maximum atomic E-state index is 12.9. The van der Waals surface area contributed by atoms with Crippen LogP contribution in [0.3, 0.4) is 0 Å². The minimum Gasteiger partial charge on any atom is -0.493 e. The van der Waals surface area contributed by atoms with E-state index >= 15 is 0 Å². The summed E-state index contributed by atoms with van der Waals surface area (Å²) >= 11 is 0.